The van der Waals surface area contributed by atoms with Crippen LogP contribution in [-0.4, -0.2) is 43.9 Å². The van der Waals surface area contributed by atoms with Crippen molar-refractivity contribution in [3.8, 4) is 5.75 Å². The maximum absolute atomic E-state index is 13.7. The van der Waals surface area contributed by atoms with Gasteiger partial charge in [0.1, 0.15) is 17.6 Å². The molecule has 1 rings (SSSR count). The SMILES string of the molecule is COCCCC(NC(=O)c1ccc(OC)cc1F)C(=O)O. The average molecular weight is 299 g/mol. The van der Waals surface area contributed by atoms with Crippen LogP contribution in [0.1, 0.15) is 23.2 Å². The van der Waals surface area contributed by atoms with E-state index in [9.17, 15) is 14.0 Å². The van der Waals surface area contributed by atoms with Crippen LogP contribution in [0.2, 0.25) is 0 Å². The molecule has 1 aromatic carbocycles. The predicted molar refractivity (Wildman–Crippen MR) is 73.0 cm³/mol. The Labute approximate surface area is 121 Å². The van der Waals surface area contributed by atoms with Crippen molar-refractivity contribution >= 4 is 11.9 Å². The van der Waals surface area contributed by atoms with Crippen molar-refractivity contribution in [2.45, 2.75) is 18.9 Å². The fraction of sp³-hybridized carbons (Fsp3) is 0.429. The zero-order valence-electron chi connectivity index (χ0n) is 11.9. The molecule has 1 unspecified atom stereocenters. The molecule has 1 amide bonds. The van der Waals surface area contributed by atoms with Crippen LogP contribution in [0.3, 0.4) is 0 Å². The Balaban J connectivity index is 2.75. The van der Waals surface area contributed by atoms with E-state index in [1.807, 2.05) is 0 Å². The Morgan fingerprint density at radius 3 is 2.62 bits per heavy atom. The summed E-state index contributed by atoms with van der Waals surface area (Å²) in [6.45, 7) is 0.385. The maximum Gasteiger partial charge on any atom is 0.326 e. The van der Waals surface area contributed by atoms with Crippen molar-refractivity contribution < 1.29 is 28.6 Å². The van der Waals surface area contributed by atoms with Gasteiger partial charge in [0.15, 0.2) is 0 Å². The summed E-state index contributed by atoms with van der Waals surface area (Å²) < 4.78 is 23.4. The number of carbonyl (C=O) groups is 2. The monoisotopic (exact) mass is 299 g/mol. The Morgan fingerprint density at radius 1 is 1.38 bits per heavy atom. The third kappa shape index (κ3) is 5.03. The molecule has 7 heteroatoms. The van der Waals surface area contributed by atoms with Crippen LogP contribution in [0.4, 0.5) is 4.39 Å². The number of carbonyl (C=O) groups excluding carboxylic acids is 1. The first-order valence-corrected chi connectivity index (χ1v) is 6.35. The van der Waals surface area contributed by atoms with E-state index < -0.39 is 23.7 Å². The Kier molecular flexibility index (Phi) is 6.61. The number of nitrogens with one attached hydrogen (secondary N) is 1. The number of amides is 1. The lowest BCUT2D eigenvalue weighted by atomic mass is 10.1. The molecule has 1 atom stereocenters. The lowest BCUT2D eigenvalue weighted by Gasteiger charge is -2.14. The van der Waals surface area contributed by atoms with Crippen LogP contribution >= 0.6 is 0 Å². The van der Waals surface area contributed by atoms with Gasteiger partial charge in [-0.1, -0.05) is 0 Å². The highest BCUT2D eigenvalue weighted by atomic mass is 19.1. The molecule has 0 bridgehead atoms. The first-order valence-electron chi connectivity index (χ1n) is 6.35. The van der Waals surface area contributed by atoms with Gasteiger partial charge in [0.2, 0.25) is 0 Å². The lowest BCUT2D eigenvalue weighted by molar-refractivity contribution is -0.139. The highest BCUT2D eigenvalue weighted by Gasteiger charge is 2.22. The first-order chi connectivity index (χ1) is 9.99. The molecule has 0 radical (unpaired) electrons. The minimum Gasteiger partial charge on any atom is -0.497 e. The van der Waals surface area contributed by atoms with Crippen molar-refractivity contribution in [1.82, 2.24) is 5.32 Å². The fourth-order valence-electron chi connectivity index (χ4n) is 1.73. The summed E-state index contributed by atoms with van der Waals surface area (Å²) in [7, 11) is 2.88. The van der Waals surface area contributed by atoms with Crippen molar-refractivity contribution in [2.24, 2.45) is 0 Å². The van der Waals surface area contributed by atoms with Crippen molar-refractivity contribution in [1.29, 1.82) is 0 Å². The van der Waals surface area contributed by atoms with E-state index >= 15 is 0 Å². The molecular weight excluding hydrogens is 281 g/mol. The molecule has 2 N–H and O–H groups in total. The lowest BCUT2D eigenvalue weighted by Crippen LogP contribution is -2.41. The summed E-state index contributed by atoms with van der Waals surface area (Å²) in [5, 5.41) is 11.3. The molecule has 0 heterocycles. The van der Waals surface area contributed by atoms with Gasteiger partial charge in [0, 0.05) is 19.8 Å². The van der Waals surface area contributed by atoms with Gasteiger partial charge < -0.3 is 19.9 Å². The van der Waals surface area contributed by atoms with E-state index in [-0.39, 0.29) is 17.7 Å². The first kappa shape index (κ1) is 16.9. The van der Waals surface area contributed by atoms with Crippen molar-refractivity contribution in [3.63, 3.8) is 0 Å². The van der Waals surface area contributed by atoms with Crippen LogP contribution in [-0.2, 0) is 9.53 Å². The molecule has 21 heavy (non-hydrogen) atoms. The van der Waals surface area contributed by atoms with Gasteiger partial charge >= 0.3 is 5.97 Å². The third-order valence-electron chi connectivity index (χ3n) is 2.87. The highest BCUT2D eigenvalue weighted by Crippen LogP contribution is 2.16. The highest BCUT2D eigenvalue weighted by molar-refractivity contribution is 5.96. The number of hydrogen-bond acceptors (Lipinski definition) is 4. The second kappa shape index (κ2) is 8.21. The summed E-state index contributed by atoms with van der Waals surface area (Å²) in [6, 6.07) is 2.65. The smallest absolute Gasteiger partial charge is 0.326 e. The van der Waals surface area contributed by atoms with Gasteiger partial charge in [-0.2, -0.15) is 0 Å². The van der Waals surface area contributed by atoms with Gasteiger partial charge in [-0.15, -0.1) is 0 Å². The van der Waals surface area contributed by atoms with E-state index in [1.54, 1.807) is 0 Å². The summed E-state index contributed by atoms with van der Waals surface area (Å²) in [4.78, 5) is 23.0. The summed E-state index contributed by atoms with van der Waals surface area (Å²) >= 11 is 0. The number of carboxylic acid groups (broad SMARTS) is 1. The second-order valence-electron chi connectivity index (χ2n) is 4.35. The van der Waals surface area contributed by atoms with Gasteiger partial charge in [0.25, 0.3) is 5.91 Å². The molecule has 0 aliphatic carbocycles. The number of ether oxygens (including phenoxy) is 2. The molecule has 116 valence electrons. The zero-order chi connectivity index (χ0) is 15.8. The predicted octanol–water partition coefficient (Wildman–Crippen LogP) is 1.44. The fourth-order valence-corrected chi connectivity index (χ4v) is 1.73. The summed E-state index contributed by atoms with van der Waals surface area (Å²) in [5.74, 6) is -2.44. The average Bonchev–Trinajstić information content (AvgIpc) is 2.45. The van der Waals surface area contributed by atoms with Gasteiger partial charge in [-0.05, 0) is 25.0 Å². The Morgan fingerprint density at radius 2 is 2.10 bits per heavy atom. The molecule has 0 aliphatic heterocycles. The van der Waals surface area contributed by atoms with Crippen LogP contribution in [0.5, 0.6) is 5.75 Å². The Bertz CT molecular complexity index is 506. The van der Waals surface area contributed by atoms with Gasteiger partial charge in [0.05, 0.1) is 12.7 Å². The molecule has 0 aliphatic rings. The number of benzene rings is 1. The van der Waals surface area contributed by atoms with Crippen LogP contribution in [0.25, 0.3) is 0 Å². The number of methoxy groups -OCH3 is 2. The number of carboxylic acids is 1. The minimum absolute atomic E-state index is 0.201. The molecule has 0 aromatic heterocycles. The van der Waals surface area contributed by atoms with Crippen LogP contribution in [0.15, 0.2) is 18.2 Å². The molecule has 0 spiro atoms. The molecule has 1 aromatic rings. The topological polar surface area (TPSA) is 84.9 Å². The molecular formula is C14H18FNO5. The molecule has 0 fully saturated rings. The molecule has 0 saturated heterocycles. The maximum atomic E-state index is 13.7. The molecule has 0 saturated carbocycles. The van der Waals surface area contributed by atoms with Crippen molar-refractivity contribution in [3.05, 3.63) is 29.6 Å². The van der Waals surface area contributed by atoms with Crippen LogP contribution < -0.4 is 10.1 Å². The normalized spacial score (nSPS) is 11.8. The quantitative estimate of drug-likeness (QED) is 0.710. The second-order valence-corrected chi connectivity index (χ2v) is 4.35. The van der Waals surface area contributed by atoms with Gasteiger partial charge in [-0.3, -0.25) is 4.79 Å². The minimum atomic E-state index is -1.17. The zero-order valence-corrected chi connectivity index (χ0v) is 11.9. The van der Waals surface area contributed by atoms with E-state index in [2.05, 4.69) is 5.32 Å². The van der Waals surface area contributed by atoms with Crippen molar-refractivity contribution in [2.75, 3.05) is 20.8 Å². The van der Waals surface area contributed by atoms with E-state index in [0.717, 1.165) is 6.07 Å². The largest absolute Gasteiger partial charge is 0.497 e. The number of halogens is 1. The van der Waals surface area contributed by atoms with E-state index in [1.165, 1.54) is 26.4 Å². The Hall–Kier alpha value is -2.15. The standard InChI is InChI=1S/C14H18FNO5/c1-20-7-3-4-12(14(18)19)16-13(17)10-6-5-9(21-2)8-11(10)15/h5-6,8,12H,3-4,7H2,1-2H3,(H,16,17)(H,18,19). The third-order valence-corrected chi connectivity index (χ3v) is 2.87. The molecule has 6 nitrogen and oxygen atoms in total. The van der Waals surface area contributed by atoms with Crippen LogP contribution in [0, 0.1) is 5.82 Å². The number of rotatable bonds is 8. The summed E-state index contributed by atoms with van der Waals surface area (Å²) in [6.07, 6.45) is 0.672. The number of hydrogen-bond donors (Lipinski definition) is 2. The van der Waals surface area contributed by atoms with E-state index in [4.69, 9.17) is 14.6 Å². The summed E-state index contributed by atoms with van der Waals surface area (Å²) in [5.41, 5.74) is -0.228. The van der Waals surface area contributed by atoms with E-state index in [0.29, 0.717) is 13.0 Å². The van der Waals surface area contributed by atoms with Gasteiger partial charge in [-0.25, -0.2) is 9.18 Å². The number of aliphatic carboxylic acids is 1.